The predicted molar refractivity (Wildman–Crippen MR) is 250 cm³/mol. The van der Waals surface area contributed by atoms with Crippen LogP contribution in [-0.4, -0.2) is 19.5 Å². The molecule has 0 spiro atoms. The van der Waals surface area contributed by atoms with Gasteiger partial charge < -0.3 is 9.55 Å². The van der Waals surface area contributed by atoms with Crippen molar-refractivity contribution in [3.63, 3.8) is 0 Å². The Bertz CT molecular complexity index is 2840. The molecule has 0 saturated heterocycles. The van der Waals surface area contributed by atoms with E-state index in [4.69, 9.17) is 14.1 Å². The van der Waals surface area contributed by atoms with Gasteiger partial charge in [0.25, 0.3) is 0 Å². The minimum Gasteiger partial charge on any atom is -0.331 e. The fourth-order valence-corrected chi connectivity index (χ4v) is 7.68. The summed E-state index contributed by atoms with van der Waals surface area (Å²) in [4.78, 5) is 14.9. The third-order valence-corrected chi connectivity index (χ3v) is 10.9. The number of para-hydroxylation sites is 1. The Hall–Kier alpha value is -5.22. The molecular weight excluding hydrogens is 909 g/mol. The van der Waals surface area contributed by atoms with E-state index in [2.05, 4.69) is 165 Å². The first-order valence-electron chi connectivity index (χ1n) is 22.3. The number of aryl methyl sites for hydroxylation is 2. The first kappa shape index (κ1) is 40.2. The van der Waals surface area contributed by atoms with Gasteiger partial charge in [-0.15, -0.1) is 59.5 Å². The number of pyridine rings is 2. The van der Waals surface area contributed by atoms with E-state index in [9.17, 15) is 0 Å². The van der Waals surface area contributed by atoms with Crippen LogP contribution in [0.4, 0.5) is 0 Å². The van der Waals surface area contributed by atoms with Crippen LogP contribution >= 0.6 is 0 Å². The van der Waals surface area contributed by atoms with Gasteiger partial charge >= 0.3 is 0 Å². The molecule has 309 valence electrons. The van der Waals surface area contributed by atoms with Crippen molar-refractivity contribution < 1.29 is 24.2 Å². The van der Waals surface area contributed by atoms with Crippen molar-refractivity contribution in [3.05, 3.63) is 167 Å². The summed E-state index contributed by atoms with van der Waals surface area (Å²) in [6.07, 6.45) is 1.87. The number of imidazole rings is 1. The number of rotatable bonds is 6. The van der Waals surface area contributed by atoms with Crippen LogP contribution in [0.2, 0.25) is 0 Å². The van der Waals surface area contributed by atoms with Crippen LogP contribution in [0.5, 0.6) is 0 Å². The Balaban J connectivity index is 0.000000327. The van der Waals surface area contributed by atoms with Gasteiger partial charge in [0.1, 0.15) is 0 Å². The van der Waals surface area contributed by atoms with Crippen LogP contribution in [0.3, 0.4) is 0 Å². The Morgan fingerprint density at radius 3 is 2.02 bits per heavy atom. The Morgan fingerprint density at radius 2 is 1.40 bits per heavy atom. The van der Waals surface area contributed by atoms with Crippen molar-refractivity contribution in [2.24, 2.45) is 0 Å². The molecule has 0 fully saturated rings. The second-order valence-electron chi connectivity index (χ2n) is 18.3. The zero-order valence-electron chi connectivity index (χ0n) is 39.8. The summed E-state index contributed by atoms with van der Waals surface area (Å²) in [6.45, 7) is 21.7. The fraction of sp³-hybridized carbons (Fsp3) is 0.291. The van der Waals surface area contributed by atoms with E-state index in [1.54, 1.807) is 12.1 Å². The van der Waals surface area contributed by atoms with Gasteiger partial charge in [-0.2, -0.15) is 0 Å². The van der Waals surface area contributed by atoms with Crippen molar-refractivity contribution in [1.29, 1.82) is 0 Å². The van der Waals surface area contributed by atoms with Gasteiger partial charge in [-0.05, 0) is 99.8 Å². The van der Waals surface area contributed by atoms with Gasteiger partial charge in [0.2, 0.25) is 0 Å². The average Bonchev–Trinajstić information content (AvgIpc) is 3.62. The summed E-state index contributed by atoms with van der Waals surface area (Å²) in [5, 5.41) is 2.03. The molecule has 0 N–H and O–H groups in total. The quantitative estimate of drug-likeness (QED) is 0.156. The maximum Gasteiger partial charge on any atom is 0.0889 e. The first-order chi connectivity index (χ1) is 29.2. The molecule has 0 amide bonds. The second kappa shape index (κ2) is 17.8. The summed E-state index contributed by atoms with van der Waals surface area (Å²) in [5.41, 5.74) is 13.0. The van der Waals surface area contributed by atoms with Gasteiger partial charge in [-0.1, -0.05) is 135 Å². The van der Waals surface area contributed by atoms with Crippen LogP contribution in [0.1, 0.15) is 119 Å². The SMILES string of the molecule is CC(C)(C)c1ccnc(-c2[c-]cccc2)c1.[2H]C([2H])([2H])c1cccc2nc(-c3[c-]c4ccc(C)cc4c(C(C)(C)C)n3)n(-c3c(C(C)C)cc(-c4ccccc4)cc3C(C)C)c12.[Ir]. The second-order valence-corrected chi connectivity index (χ2v) is 18.3. The topological polar surface area (TPSA) is 43.6 Å². The standard InChI is InChI=1S/C40H42N3.C15H16N.Ir/c1-24(2)31-21-30(28-15-11-10-12-16-28)22-32(25(3)4)37(31)43-36-27(6)14-13-17-34(36)42-39(43)35-23-29-19-18-26(5)20-33(29)38(41-35)40(7,8)9;1-15(2,3)13-9-10-16-14(11-13)12-7-5-4-6-8-12;/h10-22,24-25H,1-9H3;4-7,9-11H,1-3H3;/q2*-1;/i6D3;;. The van der Waals surface area contributed by atoms with Crippen LogP contribution in [-0.2, 0) is 30.9 Å². The third kappa shape index (κ3) is 9.24. The number of nitrogens with zero attached hydrogens (tertiary/aromatic N) is 4. The van der Waals surface area contributed by atoms with E-state index >= 15 is 0 Å². The molecule has 0 unspecified atom stereocenters. The molecule has 8 rings (SSSR count). The molecule has 1 radical (unpaired) electrons. The number of aromatic nitrogens is 4. The minimum atomic E-state index is -2.34. The molecule has 5 aromatic carbocycles. The van der Waals surface area contributed by atoms with Crippen LogP contribution in [0, 0.1) is 25.9 Å². The molecule has 4 nitrogen and oxygen atoms in total. The van der Waals surface area contributed by atoms with Crippen molar-refractivity contribution in [2.45, 2.75) is 106 Å². The Morgan fingerprint density at radius 1 is 0.700 bits per heavy atom. The maximum atomic E-state index is 8.56. The number of hydrogen-bond acceptors (Lipinski definition) is 3. The van der Waals surface area contributed by atoms with Crippen LogP contribution < -0.4 is 0 Å². The van der Waals surface area contributed by atoms with Crippen LogP contribution in [0.15, 0.2) is 121 Å². The molecule has 3 aromatic heterocycles. The van der Waals surface area contributed by atoms with Gasteiger partial charge in [0, 0.05) is 47.5 Å². The molecule has 3 heterocycles. The first-order valence-corrected chi connectivity index (χ1v) is 20.8. The molecule has 0 aliphatic carbocycles. The maximum absolute atomic E-state index is 8.56. The van der Waals surface area contributed by atoms with E-state index in [-0.39, 0.29) is 48.3 Å². The number of fused-ring (bicyclic) bond motifs is 2. The molecule has 60 heavy (non-hydrogen) atoms. The minimum absolute atomic E-state index is 0. The van der Waals surface area contributed by atoms with Gasteiger partial charge in [-0.25, -0.2) is 0 Å². The molecule has 0 aliphatic rings. The van der Waals surface area contributed by atoms with E-state index in [1.165, 1.54) is 5.56 Å². The van der Waals surface area contributed by atoms with E-state index in [1.807, 2.05) is 42.6 Å². The summed E-state index contributed by atoms with van der Waals surface area (Å²) < 4.78 is 27.8. The van der Waals surface area contributed by atoms with E-state index < -0.39 is 6.85 Å². The van der Waals surface area contributed by atoms with Crippen molar-refractivity contribution in [1.82, 2.24) is 19.5 Å². The summed E-state index contributed by atoms with van der Waals surface area (Å²) in [7, 11) is 0. The van der Waals surface area contributed by atoms with E-state index in [0.717, 1.165) is 61.2 Å². The monoisotopic (exact) mass is 970 g/mol. The molecule has 0 bridgehead atoms. The zero-order chi connectivity index (χ0) is 44.7. The molecular formula is C55H58IrN4-2. The van der Waals surface area contributed by atoms with Crippen molar-refractivity contribution >= 4 is 21.8 Å². The number of benzene rings is 5. The van der Waals surface area contributed by atoms with Crippen molar-refractivity contribution in [2.75, 3.05) is 0 Å². The molecule has 0 saturated carbocycles. The molecule has 0 aliphatic heterocycles. The predicted octanol–water partition coefficient (Wildman–Crippen LogP) is 14.7. The largest absolute Gasteiger partial charge is 0.331 e. The summed E-state index contributed by atoms with van der Waals surface area (Å²) >= 11 is 0. The number of hydrogen-bond donors (Lipinski definition) is 0. The normalized spacial score (nSPS) is 12.8. The third-order valence-electron chi connectivity index (χ3n) is 10.9. The summed E-state index contributed by atoms with van der Waals surface area (Å²) in [6, 6.07) is 45.7. The molecule has 0 atom stereocenters. The zero-order valence-corrected chi connectivity index (χ0v) is 39.2. The summed E-state index contributed by atoms with van der Waals surface area (Å²) in [5.74, 6) is 0.877. The molecule has 8 aromatic rings. The van der Waals surface area contributed by atoms with Gasteiger partial charge in [0.15, 0.2) is 0 Å². The van der Waals surface area contributed by atoms with E-state index in [0.29, 0.717) is 22.6 Å². The van der Waals surface area contributed by atoms with Crippen LogP contribution in [0.25, 0.3) is 61.4 Å². The van der Waals surface area contributed by atoms with Gasteiger partial charge in [0.05, 0.1) is 16.9 Å². The smallest absolute Gasteiger partial charge is 0.0889 e. The Labute approximate surface area is 376 Å². The van der Waals surface area contributed by atoms with Gasteiger partial charge in [-0.3, -0.25) is 9.97 Å². The Kier molecular flexibility index (Phi) is 11.9. The van der Waals surface area contributed by atoms with Crippen molar-refractivity contribution in [3.8, 4) is 39.6 Å². The molecule has 5 heteroatoms. The fourth-order valence-electron chi connectivity index (χ4n) is 7.68. The average molecular weight is 970 g/mol.